The zero-order chi connectivity index (χ0) is 8.60. The molecule has 0 aromatic carbocycles. The van der Waals surface area contributed by atoms with Gasteiger partial charge in [0.2, 0.25) is 0 Å². The van der Waals surface area contributed by atoms with Crippen molar-refractivity contribution in [3.8, 4) is 12.1 Å². The van der Waals surface area contributed by atoms with Crippen molar-refractivity contribution in [3.63, 3.8) is 0 Å². The second kappa shape index (κ2) is 2.47. The number of nitrogens with zero attached hydrogens (tertiary/aromatic N) is 3. The van der Waals surface area contributed by atoms with Crippen LogP contribution in [0.15, 0.2) is 0 Å². The molecule has 3 aliphatic heterocycles. The van der Waals surface area contributed by atoms with E-state index in [0.29, 0.717) is 5.92 Å². The van der Waals surface area contributed by atoms with Gasteiger partial charge < -0.3 is 0 Å². The molecular formula is C9H11N3. The van der Waals surface area contributed by atoms with Gasteiger partial charge >= 0.3 is 0 Å². The average Bonchev–Trinajstić information content (AvgIpc) is 2.19. The zero-order valence-corrected chi connectivity index (χ0v) is 6.95. The molecule has 3 heterocycles. The van der Waals surface area contributed by atoms with Gasteiger partial charge in [0.05, 0.1) is 0 Å². The summed E-state index contributed by atoms with van der Waals surface area (Å²) in [4.78, 5) is 2.03. The van der Waals surface area contributed by atoms with Crippen LogP contribution in [0.1, 0.15) is 19.3 Å². The SMILES string of the molecule is N#CC1(C#N)CC2CCN1CC2. The second-order valence-electron chi connectivity index (χ2n) is 3.72. The fourth-order valence-corrected chi connectivity index (χ4v) is 2.32. The summed E-state index contributed by atoms with van der Waals surface area (Å²) < 4.78 is 0. The Balaban J connectivity index is 2.30. The molecule has 62 valence electrons. The number of rotatable bonds is 0. The summed E-state index contributed by atoms with van der Waals surface area (Å²) in [5.41, 5.74) is -0.777. The lowest BCUT2D eigenvalue weighted by molar-refractivity contribution is 0.0385. The number of hydrogen-bond donors (Lipinski definition) is 0. The van der Waals surface area contributed by atoms with Crippen LogP contribution in [0.2, 0.25) is 0 Å². The van der Waals surface area contributed by atoms with Crippen LogP contribution >= 0.6 is 0 Å². The van der Waals surface area contributed by atoms with Gasteiger partial charge in [-0.3, -0.25) is 4.90 Å². The molecular weight excluding hydrogens is 150 g/mol. The first-order chi connectivity index (χ1) is 5.80. The maximum absolute atomic E-state index is 8.95. The van der Waals surface area contributed by atoms with E-state index in [0.717, 1.165) is 19.5 Å². The molecule has 0 saturated carbocycles. The zero-order valence-electron chi connectivity index (χ0n) is 6.95. The fourth-order valence-electron chi connectivity index (χ4n) is 2.32. The first kappa shape index (κ1) is 7.58. The second-order valence-corrected chi connectivity index (χ2v) is 3.72. The van der Waals surface area contributed by atoms with Crippen molar-refractivity contribution < 1.29 is 0 Å². The third-order valence-electron chi connectivity index (χ3n) is 3.11. The third kappa shape index (κ3) is 0.838. The Hall–Kier alpha value is -1.06. The van der Waals surface area contributed by atoms with Gasteiger partial charge in [-0.05, 0) is 25.2 Å². The highest BCUT2D eigenvalue weighted by molar-refractivity contribution is 5.25. The van der Waals surface area contributed by atoms with E-state index in [9.17, 15) is 0 Å². The van der Waals surface area contributed by atoms with Gasteiger partial charge in [0.15, 0.2) is 5.54 Å². The highest BCUT2D eigenvalue weighted by Crippen LogP contribution is 2.38. The fraction of sp³-hybridized carbons (Fsp3) is 0.778. The quantitative estimate of drug-likeness (QED) is 0.530. The molecule has 3 saturated heterocycles. The van der Waals surface area contributed by atoms with Gasteiger partial charge in [-0.25, -0.2) is 0 Å². The minimum Gasteiger partial charge on any atom is -0.274 e. The summed E-state index contributed by atoms with van der Waals surface area (Å²) in [6.45, 7) is 1.87. The van der Waals surface area contributed by atoms with Gasteiger partial charge in [0.25, 0.3) is 0 Å². The Kier molecular flexibility index (Phi) is 1.56. The molecule has 0 amide bonds. The molecule has 2 bridgehead atoms. The molecule has 3 aliphatic rings. The molecule has 12 heavy (non-hydrogen) atoms. The summed E-state index contributed by atoms with van der Waals surface area (Å²) in [5, 5.41) is 17.9. The smallest absolute Gasteiger partial charge is 0.196 e. The molecule has 0 aromatic heterocycles. The monoisotopic (exact) mass is 161 g/mol. The Labute approximate surface area is 72.2 Å². The van der Waals surface area contributed by atoms with E-state index in [4.69, 9.17) is 10.5 Å². The predicted molar refractivity (Wildman–Crippen MR) is 42.9 cm³/mol. The average molecular weight is 161 g/mol. The van der Waals surface area contributed by atoms with Crippen LogP contribution in [0, 0.1) is 28.6 Å². The summed E-state index contributed by atoms with van der Waals surface area (Å²) in [6, 6.07) is 4.33. The maximum atomic E-state index is 8.95. The van der Waals surface area contributed by atoms with E-state index in [1.54, 1.807) is 0 Å². The van der Waals surface area contributed by atoms with Gasteiger partial charge in [0.1, 0.15) is 12.1 Å². The Morgan fingerprint density at radius 3 is 2.00 bits per heavy atom. The minimum atomic E-state index is -0.777. The van der Waals surface area contributed by atoms with Crippen molar-refractivity contribution in [1.29, 1.82) is 10.5 Å². The van der Waals surface area contributed by atoms with Crippen LogP contribution in [0.4, 0.5) is 0 Å². The van der Waals surface area contributed by atoms with Crippen molar-refractivity contribution in [3.05, 3.63) is 0 Å². The van der Waals surface area contributed by atoms with Crippen molar-refractivity contribution >= 4 is 0 Å². The summed E-state index contributed by atoms with van der Waals surface area (Å²) in [6.07, 6.45) is 3.11. The molecule has 3 nitrogen and oxygen atoms in total. The van der Waals surface area contributed by atoms with Crippen molar-refractivity contribution in [2.45, 2.75) is 24.8 Å². The van der Waals surface area contributed by atoms with Crippen LogP contribution in [-0.2, 0) is 0 Å². The highest BCUT2D eigenvalue weighted by Gasteiger charge is 2.46. The molecule has 0 radical (unpaired) electrons. The lowest BCUT2D eigenvalue weighted by atomic mass is 9.76. The lowest BCUT2D eigenvalue weighted by Gasteiger charge is -2.46. The normalized spacial score (nSPS) is 36.8. The van der Waals surface area contributed by atoms with Gasteiger partial charge in [-0.2, -0.15) is 10.5 Å². The predicted octanol–water partition coefficient (Wildman–Crippen LogP) is 0.888. The topological polar surface area (TPSA) is 50.8 Å². The standard InChI is InChI=1S/C9H11N3/c10-6-9(7-11)5-8-1-3-12(9)4-2-8/h8H,1-5H2. The van der Waals surface area contributed by atoms with Crippen LogP contribution in [0.3, 0.4) is 0 Å². The summed E-state index contributed by atoms with van der Waals surface area (Å²) in [5.74, 6) is 0.620. The van der Waals surface area contributed by atoms with E-state index in [2.05, 4.69) is 12.1 Å². The summed E-state index contributed by atoms with van der Waals surface area (Å²) in [7, 11) is 0. The van der Waals surface area contributed by atoms with Crippen LogP contribution in [-0.4, -0.2) is 23.5 Å². The molecule has 3 fully saturated rings. The minimum absolute atomic E-state index is 0.620. The Morgan fingerprint density at radius 2 is 1.75 bits per heavy atom. The molecule has 0 N–H and O–H groups in total. The molecule has 3 heteroatoms. The van der Waals surface area contributed by atoms with E-state index >= 15 is 0 Å². The number of nitriles is 2. The van der Waals surface area contributed by atoms with Gasteiger partial charge in [-0.15, -0.1) is 0 Å². The number of piperidine rings is 3. The lowest BCUT2D eigenvalue weighted by Crippen LogP contribution is -2.56. The van der Waals surface area contributed by atoms with Crippen LogP contribution < -0.4 is 0 Å². The number of hydrogen-bond acceptors (Lipinski definition) is 3. The Morgan fingerprint density at radius 1 is 1.17 bits per heavy atom. The molecule has 0 aromatic rings. The van der Waals surface area contributed by atoms with E-state index in [1.165, 1.54) is 12.8 Å². The van der Waals surface area contributed by atoms with E-state index < -0.39 is 5.54 Å². The van der Waals surface area contributed by atoms with Crippen LogP contribution in [0.25, 0.3) is 0 Å². The maximum Gasteiger partial charge on any atom is 0.196 e. The number of fused-ring (bicyclic) bond motifs is 3. The molecule has 0 unspecified atom stereocenters. The van der Waals surface area contributed by atoms with Gasteiger partial charge in [-0.1, -0.05) is 0 Å². The van der Waals surface area contributed by atoms with Crippen molar-refractivity contribution in [1.82, 2.24) is 4.90 Å². The molecule has 3 rings (SSSR count). The summed E-state index contributed by atoms with van der Waals surface area (Å²) >= 11 is 0. The first-order valence-corrected chi connectivity index (χ1v) is 4.38. The van der Waals surface area contributed by atoms with Crippen LogP contribution in [0.5, 0.6) is 0 Å². The highest BCUT2D eigenvalue weighted by atomic mass is 15.2. The molecule has 0 atom stereocenters. The largest absolute Gasteiger partial charge is 0.274 e. The molecule has 0 aliphatic carbocycles. The van der Waals surface area contributed by atoms with Crippen molar-refractivity contribution in [2.24, 2.45) is 5.92 Å². The Bertz CT molecular complexity index is 248. The first-order valence-electron chi connectivity index (χ1n) is 4.38. The third-order valence-corrected chi connectivity index (χ3v) is 3.11. The van der Waals surface area contributed by atoms with Gasteiger partial charge in [0, 0.05) is 13.1 Å². The van der Waals surface area contributed by atoms with E-state index in [-0.39, 0.29) is 0 Å². The van der Waals surface area contributed by atoms with E-state index in [1.807, 2.05) is 4.90 Å². The molecule has 0 spiro atoms. The van der Waals surface area contributed by atoms with Crippen molar-refractivity contribution in [2.75, 3.05) is 13.1 Å².